The molecule has 0 atom stereocenters. The number of nitrogens with zero attached hydrogens (tertiary/aromatic N) is 2. The van der Waals surface area contributed by atoms with Gasteiger partial charge in [-0.05, 0) is 49.7 Å². The zero-order chi connectivity index (χ0) is 43.5. The minimum Gasteiger partial charge on any atom is -0.487 e. The monoisotopic (exact) mass is 869 g/mol. The lowest BCUT2D eigenvalue weighted by Crippen LogP contribution is -2.35. The van der Waals surface area contributed by atoms with Crippen molar-refractivity contribution in [1.82, 2.24) is 5.32 Å². The molecule has 1 saturated carbocycles. The van der Waals surface area contributed by atoms with E-state index >= 15 is 0 Å². The van der Waals surface area contributed by atoms with Crippen LogP contribution in [0, 0.1) is 26.1 Å². The minimum atomic E-state index is -4.52. The first-order valence-corrected chi connectivity index (χ1v) is 19.8. The number of benzene rings is 3. The van der Waals surface area contributed by atoms with E-state index in [0.717, 1.165) is 42.7 Å². The minimum absolute atomic E-state index is 0.0111. The van der Waals surface area contributed by atoms with Gasteiger partial charge in [0.2, 0.25) is 5.75 Å². The number of nitro groups is 2. The van der Waals surface area contributed by atoms with E-state index in [2.05, 4.69) is 5.32 Å². The highest BCUT2D eigenvalue weighted by molar-refractivity contribution is 7.90. The fourth-order valence-corrected chi connectivity index (χ4v) is 5.89. The normalized spacial score (nSPS) is 13.3. The lowest BCUT2D eigenvalue weighted by Gasteiger charge is -2.18. The van der Waals surface area contributed by atoms with Crippen molar-refractivity contribution in [3.63, 3.8) is 0 Å². The van der Waals surface area contributed by atoms with Gasteiger partial charge in [0, 0.05) is 37.3 Å². The van der Waals surface area contributed by atoms with Gasteiger partial charge in [-0.2, -0.15) is 13.2 Å². The van der Waals surface area contributed by atoms with Crippen molar-refractivity contribution in [2.45, 2.75) is 37.3 Å². The second-order valence-electron chi connectivity index (χ2n) is 11.5. The van der Waals surface area contributed by atoms with Crippen LogP contribution in [0.4, 0.5) is 24.5 Å². The van der Waals surface area contributed by atoms with E-state index < -0.39 is 92.3 Å². The maximum Gasteiger partial charge on any atom is 0.416 e. The van der Waals surface area contributed by atoms with E-state index in [1.165, 1.54) is 18.2 Å². The van der Waals surface area contributed by atoms with Crippen LogP contribution in [0.2, 0.25) is 5.02 Å². The average molecular weight is 870 g/mol. The summed E-state index contributed by atoms with van der Waals surface area (Å²) < 4.78 is 81.4. The molecular formula is C32H32ClF3N3O16PS. The Bertz CT molecular complexity index is 2180. The number of carbonyl (C=O) groups is 4. The molecule has 3 aromatic rings. The van der Waals surface area contributed by atoms with E-state index in [9.17, 15) is 65.6 Å². The second-order valence-corrected chi connectivity index (χ2v) is 15.6. The Morgan fingerprint density at radius 3 is 2.04 bits per heavy atom. The molecule has 0 amide bonds. The summed E-state index contributed by atoms with van der Waals surface area (Å²) in [4.78, 5) is 82.4. The molecule has 25 heteroatoms. The number of aliphatic carboxylic acids is 1. The van der Waals surface area contributed by atoms with Crippen molar-refractivity contribution in [3.8, 4) is 17.2 Å². The number of ketones is 3. The predicted octanol–water partition coefficient (Wildman–Crippen LogP) is 5.37. The number of ether oxygens (including phenoxy) is 2. The molecule has 1 aliphatic carbocycles. The Kier molecular flexibility index (Phi) is 17.0. The Morgan fingerprint density at radius 2 is 1.56 bits per heavy atom. The van der Waals surface area contributed by atoms with Gasteiger partial charge in [-0.15, -0.1) is 0 Å². The summed E-state index contributed by atoms with van der Waals surface area (Å²) in [6.45, 7) is 1.42. The van der Waals surface area contributed by atoms with Crippen molar-refractivity contribution in [1.29, 1.82) is 0 Å². The van der Waals surface area contributed by atoms with Crippen LogP contribution < -0.4 is 14.8 Å². The smallest absolute Gasteiger partial charge is 0.416 e. The molecule has 0 aliphatic heterocycles. The number of sulfone groups is 1. The number of carbonyl (C=O) groups excluding carboxylic acids is 3. The van der Waals surface area contributed by atoms with E-state index in [1.807, 2.05) is 0 Å². The number of hydrogen-bond acceptors (Lipinski definition) is 14. The number of Topliss-reactive ketones (excluding diaryl/α,β-unsaturated/α-hetero) is 3. The van der Waals surface area contributed by atoms with Gasteiger partial charge in [0.1, 0.15) is 17.4 Å². The highest BCUT2D eigenvalue weighted by atomic mass is 35.5. The van der Waals surface area contributed by atoms with Crippen LogP contribution in [0.15, 0.2) is 59.5 Å². The van der Waals surface area contributed by atoms with Gasteiger partial charge in [0.25, 0.3) is 5.69 Å². The zero-order valence-corrected chi connectivity index (χ0v) is 31.9. The molecule has 310 valence electrons. The maximum absolute atomic E-state index is 12.6. The molecule has 57 heavy (non-hydrogen) atoms. The highest BCUT2D eigenvalue weighted by Gasteiger charge is 2.39. The molecular weight excluding hydrogens is 838 g/mol. The van der Waals surface area contributed by atoms with E-state index in [4.69, 9.17) is 36.0 Å². The molecule has 0 bridgehead atoms. The number of alkyl halides is 3. The topological polar surface area (TPSA) is 297 Å². The van der Waals surface area contributed by atoms with Gasteiger partial charge in [0.05, 0.1) is 50.3 Å². The molecule has 4 N–H and O–H groups in total. The number of rotatable bonds is 13. The molecule has 4 rings (SSSR count). The summed E-state index contributed by atoms with van der Waals surface area (Å²) in [6.07, 6.45) is -3.75. The predicted molar refractivity (Wildman–Crippen MR) is 191 cm³/mol. The van der Waals surface area contributed by atoms with Crippen LogP contribution >= 0.6 is 19.2 Å². The van der Waals surface area contributed by atoms with E-state index in [-0.39, 0.29) is 52.3 Å². The number of hydrogen-bond donors (Lipinski definition) is 4. The number of halogens is 4. The fourth-order valence-electron chi connectivity index (χ4n) is 4.63. The van der Waals surface area contributed by atoms with Crippen molar-refractivity contribution < 1.29 is 79.5 Å². The van der Waals surface area contributed by atoms with Crippen molar-refractivity contribution >= 4 is 63.7 Å². The first-order chi connectivity index (χ1) is 26.3. The second kappa shape index (κ2) is 20.2. The van der Waals surface area contributed by atoms with Gasteiger partial charge in [-0.25, -0.2) is 8.42 Å². The lowest BCUT2D eigenvalue weighted by atomic mass is 9.81. The molecule has 1 aliphatic rings. The van der Waals surface area contributed by atoms with Gasteiger partial charge >= 0.3 is 25.4 Å². The number of carboxylic acid groups (broad SMARTS) is 1. The third kappa shape index (κ3) is 14.9. The van der Waals surface area contributed by atoms with Gasteiger partial charge in [-0.1, -0.05) is 11.6 Å². The molecule has 3 aromatic carbocycles. The van der Waals surface area contributed by atoms with Crippen LogP contribution in [-0.4, -0.2) is 82.2 Å². The zero-order valence-electron chi connectivity index (χ0n) is 29.4. The Balaban J connectivity index is 0.000000320. The molecule has 0 heterocycles. The third-order valence-electron chi connectivity index (χ3n) is 7.12. The Labute approximate surface area is 325 Å². The molecule has 0 spiro atoms. The van der Waals surface area contributed by atoms with Crippen LogP contribution in [0.25, 0.3) is 0 Å². The summed E-state index contributed by atoms with van der Waals surface area (Å²) in [7, 11) is -7.79. The fraction of sp³-hybridized carbons (Fsp3) is 0.312. The summed E-state index contributed by atoms with van der Waals surface area (Å²) in [5.74, 6) is -4.64. The van der Waals surface area contributed by atoms with Gasteiger partial charge < -0.3 is 24.4 Å². The van der Waals surface area contributed by atoms with Gasteiger partial charge in [0.15, 0.2) is 27.2 Å². The standard InChI is InChI=1S/C15H11ClF3NO4.C14H13NO7S.C3H8NO5P/c1-2-23-14-8-10(4-5-12(14)20(21)22)24-13-6-3-9(7-11(13)16)15(17,18)19;1-23(21,22)8-5-6-9(10(7-8)15(19)20)14(18)13-11(16)3-2-4-12(13)17;5-3(6)1-4-2-10(7,8)9/h3-8H,2H2,1H3;5-7,13H,2-4H2,1H3;4H,1-2H2,(H,5,6)(H2,7,8,9). The molecule has 1 fully saturated rings. The molecule has 0 saturated heterocycles. The highest BCUT2D eigenvalue weighted by Crippen LogP contribution is 2.39. The number of nitro benzene ring substituents is 2. The van der Waals surface area contributed by atoms with Crippen molar-refractivity contribution in [3.05, 3.63) is 91.0 Å². The third-order valence-corrected chi connectivity index (χ3v) is 9.16. The molecule has 0 radical (unpaired) electrons. The van der Waals surface area contributed by atoms with E-state index in [0.29, 0.717) is 6.42 Å². The van der Waals surface area contributed by atoms with Crippen molar-refractivity contribution in [2.75, 3.05) is 25.7 Å². The molecule has 0 aromatic heterocycles. The van der Waals surface area contributed by atoms with Crippen LogP contribution in [0.5, 0.6) is 17.2 Å². The summed E-state index contributed by atoms with van der Waals surface area (Å²) in [5, 5.41) is 31.9. The van der Waals surface area contributed by atoms with Crippen LogP contribution in [0.1, 0.15) is 42.1 Å². The van der Waals surface area contributed by atoms with Crippen LogP contribution in [-0.2, 0) is 35.0 Å². The first kappa shape index (κ1) is 47.8. The quantitative estimate of drug-likeness (QED) is 0.0551. The number of carboxylic acids is 1. The largest absolute Gasteiger partial charge is 0.487 e. The van der Waals surface area contributed by atoms with E-state index in [1.54, 1.807) is 6.92 Å². The summed E-state index contributed by atoms with van der Waals surface area (Å²) in [6, 6.07) is 9.19. The Hall–Kier alpha value is -5.32. The van der Waals surface area contributed by atoms with Crippen molar-refractivity contribution in [2.24, 2.45) is 5.92 Å². The number of nitrogens with one attached hydrogen (secondary N) is 1. The maximum atomic E-state index is 12.6. The summed E-state index contributed by atoms with van der Waals surface area (Å²) in [5.41, 5.74) is -2.32. The first-order valence-electron chi connectivity index (χ1n) is 15.8. The molecule has 0 unspecified atom stereocenters. The lowest BCUT2D eigenvalue weighted by molar-refractivity contribution is -0.385. The Morgan fingerprint density at radius 1 is 0.965 bits per heavy atom. The molecule has 19 nitrogen and oxygen atoms in total. The van der Waals surface area contributed by atoms with Crippen LogP contribution in [0.3, 0.4) is 0 Å². The summed E-state index contributed by atoms with van der Waals surface area (Å²) >= 11 is 5.80. The SMILES string of the molecule is CCOc1cc(Oc2ccc(C(F)(F)F)cc2Cl)ccc1[N+](=O)[O-].CS(=O)(=O)c1ccc(C(=O)C2C(=O)CCCC2=O)c([N+](=O)[O-])c1.O=C(O)CNCP(=O)(O)O. The van der Waals surface area contributed by atoms with Gasteiger partial charge in [-0.3, -0.25) is 49.3 Å². The average Bonchev–Trinajstić information content (AvgIpc) is 3.08.